The van der Waals surface area contributed by atoms with Crippen molar-refractivity contribution in [3.63, 3.8) is 0 Å². The first-order valence-corrected chi connectivity index (χ1v) is 13.4. The molecule has 0 N–H and O–H groups in total. The Morgan fingerprint density at radius 2 is 0.786 bits per heavy atom. The highest BCUT2D eigenvalue weighted by Crippen LogP contribution is 2.46. The second-order valence-corrected chi connectivity index (χ2v) is 10.1. The van der Waals surface area contributed by atoms with Crippen molar-refractivity contribution in [3.8, 4) is 22.3 Å². The second kappa shape index (κ2) is 9.03. The molecule has 0 fully saturated rings. The van der Waals surface area contributed by atoms with E-state index in [-0.39, 0.29) is 32.7 Å². The molecule has 0 unspecified atom stereocenters. The van der Waals surface area contributed by atoms with Gasteiger partial charge in [0.15, 0.2) is 0 Å². The third-order valence-corrected chi connectivity index (χ3v) is 7.97. The van der Waals surface area contributed by atoms with Crippen molar-refractivity contribution in [1.29, 1.82) is 0 Å². The van der Waals surface area contributed by atoms with Gasteiger partial charge in [0.1, 0.15) is 0 Å². The van der Waals surface area contributed by atoms with E-state index in [1.807, 2.05) is 60.7 Å². The molecule has 0 saturated carbocycles. The maximum Gasteiger partial charge on any atom is 0.0629 e. The van der Waals surface area contributed by atoms with E-state index in [2.05, 4.69) is 0 Å². The largest absolute Gasteiger partial charge is 0.0629 e. The van der Waals surface area contributed by atoms with Crippen molar-refractivity contribution in [1.82, 2.24) is 0 Å². The molecule has 0 heteroatoms. The van der Waals surface area contributed by atoms with Crippen LogP contribution in [-0.4, -0.2) is 0 Å². The first-order valence-electron chi connectivity index (χ1n) is 20.9. The maximum atomic E-state index is 9.39. The van der Waals surface area contributed by atoms with Crippen LogP contribution in [0.4, 0.5) is 0 Å². The molecule has 0 saturated heterocycles. The lowest BCUT2D eigenvalue weighted by Gasteiger charge is -2.19. The molecule has 0 atom stereocenters. The van der Waals surface area contributed by atoms with Crippen LogP contribution in [0.2, 0.25) is 0 Å². The average molecular weight is 546 g/mol. The molecule has 9 aromatic carbocycles. The zero-order valence-corrected chi connectivity index (χ0v) is 21.9. The van der Waals surface area contributed by atoms with Gasteiger partial charge in [-0.15, -0.1) is 0 Å². The second-order valence-electron chi connectivity index (χ2n) is 10.1. The fraction of sp³-hybridized carbons (Fsp3) is 0. The molecular weight excluding hydrogens is 504 g/mol. The van der Waals surface area contributed by atoms with Gasteiger partial charge in [-0.25, -0.2) is 0 Å². The normalized spacial score (nSPS) is 16.8. The molecule has 0 radical (unpaired) electrons. The molecule has 194 valence electrons. The molecule has 0 heterocycles. The Labute approximate surface area is 265 Å². The van der Waals surface area contributed by atoms with Crippen molar-refractivity contribution in [2.24, 2.45) is 0 Å². The number of rotatable bonds is 2. The number of fused-ring (bicyclic) bond motifs is 9. The molecule has 9 rings (SSSR count). The van der Waals surface area contributed by atoms with Crippen molar-refractivity contribution < 1.29 is 20.6 Å². The lowest BCUT2D eigenvalue weighted by molar-refractivity contribution is 1.69. The summed E-state index contributed by atoms with van der Waals surface area (Å²) in [7, 11) is 0. The molecule has 0 aromatic heterocycles. The first-order chi connectivity index (χ1) is 27.1. The molecule has 0 bridgehead atoms. The SMILES string of the molecule is [2H]c1c([2H])c([2H])c2c(-c3c4c([2H])c([2H])c([2H])c([2H])c4c(-c4ccc5c6ccccc6c6ccccc6c5c4)c4c([2H])c([2H])c([2H])c([2H])c34)c([2H])c([2H])c([2H])c2c1[2H]. The summed E-state index contributed by atoms with van der Waals surface area (Å²) in [4.78, 5) is 0. The van der Waals surface area contributed by atoms with Gasteiger partial charge in [-0.2, -0.15) is 0 Å². The van der Waals surface area contributed by atoms with Gasteiger partial charge in [0.05, 0.1) is 20.6 Å². The monoisotopic (exact) mass is 545 g/mol. The Bertz CT molecular complexity index is 3230. The minimum atomic E-state index is -0.747. The molecule has 0 amide bonds. The van der Waals surface area contributed by atoms with E-state index in [4.69, 9.17) is 13.7 Å². The number of benzene rings is 9. The summed E-state index contributed by atoms with van der Waals surface area (Å²) in [5.41, 5.74) is -0.345. The molecular formula is C42H26. The molecule has 42 heavy (non-hydrogen) atoms. The fourth-order valence-electron chi connectivity index (χ4n) is 6.23. The summed E-state index contributed by atoms with van der Waals surface area (Å²) in [5, 5.41) is 3.75. The van der Waals surface area contributed by atoms with E-state index in [1.54, 1.807) is 6.07 Å². The fourth-order valence-corrected chi connectivity index (χ4v) is 6.23. The quantitative estimate of drug-likeness (QED) is 0.150. The summed E-state index contributed by atoms with van der Waals surface area (Å²) in [6.07, 6.45) is 0. The smallest absolute Gasteiger partial charge is 0.0616 e. The molecule has 9 aromatic rings. The van der Waals surface area contributed by atoms with Gasteiger partial charge in [-0.1, -0.05) is 151 Å². The molecule has 0 spiro atoms. The van der Waals surface area contributed by atoms with Gasteiger partial charge in [0.2, 0.25) is 0 Å². The highest BCUT2D eigenvalue weighted by Gasteiger charge is 2.18. The van der Waals surface area contributed by atoms with Crippen LogP contribution in [0, 0.1) is 0 Å². The highest BCUT2D eigenvalue weighted by atomic mass is 14.2. The van der Waals surface area contributed by atoms with Gasteiger partial charge >= 0.3 is 0 Å². The van der Waals surface area contributed by atoms with Gasteiger partial charge in [0, 0.05) is 0 Å². The summed E-state index contributed by atoms with van der Waals surface area (Å²) < 4.78 is 134. The zero-order valence-electron chi connectivity index (χ0n) is 36.9. The van der Waals surface area contributed by atoms with Crippen LogP contribution in [0.15, 0.2) is 157 Å². The molecule has 0 aliphatic carbocycles. The molecule has 0 aliphatic heterocycles. The standard InChI is InChI=1S/C42H26/c1-2-14-29-27(12-1)13-11-23-35(29)42-38-21-9-7-19-36(38)41(37-20-8-10-22-39(37)42)28-24-25-34-32-17-4-3-15-30(32)31-16-5-6-18-33(31)40(34)26-28/h1-26H/i1D,2D,7D,8D,9D,10D,11D,12D,13D,14D,19D,20D,21D,22D,23D. The lowest BCUT2D eigenvalue weighted by Crippen LogP contribution is -1.92. The third kappa shape index (κ3) is 3.30. The lowest BCUT2D eigenvalue weighted by atomic mass is 9.84. The topological polar surface area (TPSA) is 0 Å². The van der Waals surface area contributed by atoms with Crippen LogP contribution in [0.5, 0.6) is 0 Å². The Kier molecular flexibility index (Phi) is 2.80. The van der Waals surface area contributed by atoms with Crippen molar-refractivity contribution in [2.75, 3.05) is 0 Å². The van der Waals surface area contributed by atoms with E-state index in [1.165, 1.54) is 0 Å². The highest BCUT2D eigenvalue weighted by molar-refractivity contribution is 6.27. The zero-order chi connectivity index (χ0) is 40.7. The summed E-state index contributed by atoms with van der Waals surface area (Å²) in [5.74, 6) is 0. The number of hydrogen-bond donors (Lipinski definition) is 0. The van der Waals surface area contributed by atoms with Crippen LogP contribution in [0.25, 0.3) is 86.9 Å². The van der Waals surface area contributed by atoms with Crippen molar-refractivity contribution in [3.05, 3.63) is 157 Å². The Hall–Kier alpha value is -5.46. The van der Waals surface area contributed by atoms with E-state index in [9.17, 15) is 6.85 Å². The van der Waals surface area contributed by atoms with Crippen molar-refractivity contribution in [2.45, 2.75) is 0 Å². The average Bonchev–Trinajstić information content (AvgIpc) is 3.22. The third-order valence-electron chi connectivity index (χ3n) is 7.97. The minimum absolute atomic E-state index is 0.0582. The summed E-state index contributed by atoms with van der Waals surface area (Å²) in [6.45, 7) is 0. The summed E-state index contributed by atoms with van der Waals surface area (Å²) >= 11 is 0. The minimum Gasteiger partial charge on any atom is -0.0616 e. The van der Waals surface area contributed by atoms with Crippen LogP contribution in [0.3, 0.4) is 0 Å². The predicted octanol–water partition coefficient (Wildman–Crippen LogP) is 11.9. The Morgan fingerprint density at radius 3 is 1.38 bits per heavy atom. The van der Waals surface area contributed by atoms with Crippen LogP contribution < -0.4 is 0 Å². The Balaban J connectivity index is 1.61. The molecule has 0 aliphatic rings. The predicted molar refractivity (Wildman–Crippen MR) is 182 cm³/mol. The Morgan fingerprint density at radius 1 is 0.333 bits per heavy atom. The van der Waals surface area contributed by atoms with E-state index >= 15 is 0 Å². The van der Waals surface area contributed by atoms with E-state index in [0.717, 1.165) is 32.3 Å². The number of hydrogen-bond acceptors (Lipinski definition) is 0. The van der Waals surface area contributed by atoms with Crippen LogP contribution in [0.1, 0.15) is 20.6 Å². The van der Waals surface area contributed by atoms with Crippen LogP contribution in [-0.2, 0) is 0 Å². The molecule has 0 nitrogen and oxygen atoms in total. The van der Waals surface area contributed by atoms with Gasteiger partial charge in [0.25, 0.3) is 0 Å². The van der Waals surface area contributed by atoms with E-state index in [0.29, 0.717) is 5.56 Å². The van der Waals surface area contributed by atoms with Crippen molar-refractivity contribution >= 4 is 64.6 Å². The van der Waals surface area contributed by atoms with Gasteiger partial charge in [-0.3, -0.25) is 0 Å². The first kappa shape index (κ1) is 13.0. The van der Waals surface area contributed by atoms with E-state index < -0.39 is 107 Å². The van der Waals surface area contributed by atoms with Gasteiger partial charge < -0.3 is 0 Å². The van der Waals surface area contributed by atoms with Gasteiger partial charge in [-0.05, 0) is 93.0 Å². The van der Waals surface area contributed by atoms with Crippen LogP contribution >= 0.6 is 0 Å². The summed E-state index contributed by atoms with van der Waals surface area (Å²) in [6, 6.07) is 11.1. The maximum absolute atomic E-state index is 9.39.